The number of carboxylic acids is 1. The highest BCUT2D eigenvalue weighted by Gasteiger charge is 2.20. The Hall–Kier alpha value is -1.86. The first-order chi connectivity index (χ1) is 8.22. The van der Waals surface area contributed by atoms with Gasteiger partial charge < -0.3 is 5.11 Å². The molecule has 0 amide bonds. The fraction of sp³-hybridized carbons (Fsp3) is 0.385. The maximum atomic E-state index is 11.1. The zero-order chi connectivity index (χ0) is 12.3. The van der Waals surface area contributed by atoms with Gasteiger partial charge >= 0.3 is 5.97 Å². The third-order valence-corrected chi connectivity index (χ3v) is 3.12. The van der Waals surface area contributed by atoms with E-state index < -0.39 is 5.97 Å². The Morgan fingerprint density at radius 3 is 3.06 bits per heavy atom. The van der Waals surface area contributed by atoms with Gasteiger partial charge in [-0.2, -0.15) is 5.26 Å². The van der Waals surface area contributed by atoms with E-state index in [1.165, 1.54) is 0 Å². The van der Waals surface area contributed by atoms with Crippen LogP contribution in [0.15, 0.2) is 18.2 Å². The van der Waals surface area contributed by atoms with Crippen molar-refractivity contribution in [1.29, 1.82) is 5.26 Å². The normalized spacial score (nSPS) is 15.0. The lowest BCUT2D eigenvalue weighted by atomic mass is 9.94. The number of nitrogens with zero attached hydrogens (tertiary/aromatic N) is 2. The van der Waals surface area contributed by atoms with Crippen molar-refractivity contribution in [2.75, 3.05) is 13.1 Å². The summed E-state index contributed by atoms with van der Waals surface area (Å²) >= 11 is 0. The summed E-state index contributed by atoms with van der Waals surface area (Å²) in [5.41, 5.74) is 2.45. The molecule has 0 aliphatic carbocycles. The van der Waals surface area contributed by atoms with Crippen LogP contribution in [-0.4, -0.2) is 29.1 Å². The van der Waals surface area contributed by atoms with Crippen LogP contribution in [-0.2, 0) is 13.0 Å². The molecule has 4 heteroatoms. The highest BCUT2D eigenvalue weighted by Crippen LogP contribution is 2.22. The molecule has 0 spiro atoms. The van der Waals surface area contributed by atoms with Crippen LogP contribution >= 0.6 is 0 Å². The van der Waals surface area contributed by atoms with Crippen LogP contribution in [0, 0.1) is 11.3 Å². The molecule has 4 nitrogen and oxygen atoms in total. The molecular formula is C13H14N2O2. The summed E-state index contributed by atoms with van der Waals surface area (Å²) in [6.45, 7) is 2.34. The minimum atomic E-state index is -0.854. The van der Waals surface area contributed by atoms with Crippen LogP contribution in [0.3, 0.4) is 0 Å². The summed E-state index contributed by atoms with van der Waals surface area (Å²) in [4.78, 5) is 13.3. The highest BCUT2D eigenvalue weighted by atomic mass is 16.4. The van der Waals surface area contributed by atoms with Crippen LogP contribution in [0.5, 0.6) is 0 Å². The van der Waals surface area contributed by atoms with Crippen molar-refractivity contribution in [3.63, 3.8) is 0 Å². The second-order valence-electron chi connectivity index (χ2n) is 4.18. The maximum Gasteiger partial charge on any atom is 0.335 e. The highest BCUT2D eigenvalue weighted by molar-refractivity contribution is 5.89. The van der Waals surface area contributed by atoms with Gasteiger partial charge in [0.05, 0.1) is 11.6 Å². The number of nitriles is 1. The average molecular weight is 230 g/mol. The van der Waals surface area contributed by atoms with Crippen molar-refractivity contribution >= 4 is 5.97 Å². The second kappa shape index (κ2) is 4.98. The Morgan fingerprint density at radius 2 is 2.35 bits per heavy atom. The molecule has 1 heterocycles. The largest absolute Gasteiger partial charge is 0.478 e. The number of hydrogen-bond donors (Lipinski definition) is 1. The molecule has 0 unspecified atom stereocenters. The second-order valence-corrected chi connectivity index (χ2v) is 4.18. The lowest BCUT2D eigenvalue weighted by Gasteiger charge is -2.28. The van der Waals surface area contributed by atoms with Gasteiger partial charge in [0.1, 0.15) is 0 Å². The van der Waals surface area contributed by atoms with E-state index in [2.05, 4.69) is 11.0 Å². The molecule has 88 valence electrons. The van der Waals surface area contributed by atoms with E-state index in [-0.39, 0.29) is 0 Å². The summed E-state index contributed by atoms with van der Waals surface area (Å²) in [5, 5.41) is 17.6. The number of carbonyl (C=O) groups is 1. The van der Waals surface area contributed by atoms with Gasteiger partial charge in [0.2, 0.25) is 0 Å². The Labute approximate surface area is 100 Å². The van der Waals surface area contributed by atoms with Crippen LogP contribution in [0.25, 0.3) is 0 Å². The Bertz CT molecular complexity index is 477. The molecule has 1 aromatic rings. The maximum absolute atomic E-state index is 11.1. The fourth-order valence-corrected chi connectivity index (χ4v) is 2.27. The Morgan fingerprint density at radius 1 is 1.53 bits per heavy atom. The van der Waals surface area contributed by atoms with E-state index in [9.17, 15) is 4.79 Å². The van der Waals surface area contributed by atoms with Crippen molar-refractivity contribution in [1.82, 2.24) is 4.90 Å². The van der Waals surface area contributed by atoms with Crippen molar-refractivity contribution in [3.05, 3.63) is 34.9 Å². The third-order valence-electron chi connectivity index (χ3n) is 3.12. The smallest absolute Gasteiger partial charge is 0.335 e. The SMILES string of the molecule is N#CCCN1CCc2c(cccc2C(=O)O)C1. The summed E-state index contributed by atoms with van der Waals surface area (Å²) in [6, 6.07) is 7.55. The molecule has 1 aliphatic heterocycles. The van der Waals surface area contributed by atoms with Crippen molar-refractivity contribution in [2.45, 2.75) is 19.4 Å². The molecule has 0 fully saturated rings. The van der Waals surface area contributed by atoms with Crippen molar-refractivity contribution in [2.24, 2.45) is 0 Å². The minimum Gasteiger partial charge on any atom is -0.478 e. The number of hydrogen-bond acceptors (Lipinski definition) is 3. The van der Waals surface area contributed by atoms with Gasteiger partial charge in [-0.1, -0.05) is 12.1 Å². The monoisotopic (exact) mass is 230 g/mol. The number of carboxylic acid groups (broad SMARTS) is 1. The van der Waals surface area contributed by atoms with E-state index in [0.29, 0.717) is 12.0 Å². The van der Waals surface area contributed by atoms with E-state index in [1.807, 2.05) is 6.07 Å². The molecule has 1 aliphatic rings. The standard InChI is InChI=1S/C13H14N2O2/c14-6-2-7-15-8-5-11-10(9-15)3-1-4-12(11)13(16)17/h1,3-4H,2,5,7-9H2,(H,16,17). The molecule has 0 saturated heterocycles. The van der Waals surface area contributed by atoms with Gasteiger partial charge in [-0.25, -0.2) is 4.79 Å². The van der Waals surface area contributed by atoms with Crippen LogP contribution in [0.4, 0.5) is 0 Å². The van der Waals surface area contributed by atoms with E-state index in [1.54, 1.807) is 12.1 Å². The van der Waals surface area contributed by atoms with Crippen LogP contribution in [0.1, 0.15) is 27.9 Å². The lowest BCUT2D eigenvalue weighted by Crippen LogP contribution is -2.32. The number of rotatable bonds is 3. The minimum absolute atomic E-state index is 0.419. The first-order valence-electron chi connectivity index (χ1n) is 5.65. The van der Waals surface area contributed by atoms with Crippen molar-refractivity contribution in [3.8, 4) is 6.07 Å². The van der Waals surface area contributed by atoms with Gasteiger partial charge in [0, 0.05) is 26.1 Å². The molecule has 0 radical (unpaired) electrons. The first kappa shape index (κ1) is 11.6. The zero-order valence-electron chi connectivity index (χ0n) is 9.52. The van der Waals surface area contributed by atoms with Crippen molar-refractivity contribution < 1.29 is 9.90 Å². The summed E-state index contributed by atoms with van der Waals surface area (Å²) in [7, 11) is 0. The molecule has 0 saturated carbocycles. The van der Waals surface area contributed by atoms with E-state index >= 15 is 0 Å². The van der Waals surface area contributed by atoms with Gasteiger partial charge in [-0.15, -0.1) is 0 Å². The summed E-state index contributed by atoms with van der Waals surface area (Å²) in [6.07, 6.45) is 1.27. The molecule has 0 bridgehead atoms. The van der Waals surface area contributed by atoms with Gasteiger partial charge in [0.15, 0.2) is 0 Å². The van der Waals surface area contributed by atoms with Crippen LogP contribution < -0.4 is 0 Å². The predicted octanol–water partition coefficient (Wildman–Crippen LogP) is 1.66. The first-order valence-corrected chi connectivity index (χ1v) is 5.65. The average Bonchev–Trinajstić information content (AvgIpc) is 2.35. The lowest BCUT2D eigenvalue weighted by molar-refractivity contribution is 0.0694. The molecule has 0 aromatic heterocycles. The summed E-state index contributed by atoms with van der Waals surface area (Å²) in [5.74, 6) is -0.854. The molecule has 1 N–H and O–H groups in total. The molecule has 2 rings (SSSR count). The summed E-state index contributed by atoms with van der Waals surface area (Å²) < 4.78 is 0. The van der Waals surface area contributed by atoms with Gasteiger partial charge in [0.25, 0.3) is 0 Å². The quantitative estimate of drug-likeness (QED) is 0.857. The van der Waals surface area contributed by atoms with Gasteiger partial charge in [-0.3, -0.25) is 4.90 Å². The molecule has 1 aromatic carbocycles. The number of benzene rings is 1. The Balaban J connectivity index is 2.20. The molecular weight excluding hydrogens is 216 g/mol. The Kier molecular flexibility index (Phi) is 3.40. The van der Waals surface area contributed by atoms with Gasteiger partial charge in [-0.05, 0) is 23.6 Å². The number of aromatic carboxylic acids is 1. The number of fused-ring (bicyclic) bond motifs is 1. The topological polar surface area (TPSA) is 64.3 Å². The molecule has 17 heavy (non-hydrogen) atoms. The molecule has 0 atom stereocenters. The van der Waals surface area contributed by atoms with E-state index in [0.717, 1.165) is 37.2 Å². The zero-order valence-corrected chi connectivity index (χ0v) is 9.52. The predicted molar refractivity (Wildman–Crippen MR) is 62.6 cm³/mol. The van der Waals surface area contributed by atoms with Crippen LogP contribution in [0.2, 0.25) is 0 Å². The fourth-order valence-electron chi connectivity index (χ4n) is 2.27. The third kappa shape index (κ3) is 2.45. The van der Waals surface area contributed by atoms with E-state index in [4.69, 9.17) is 10.4 Å².